The summed E-state index contributed by atoms with van der Waals surface area (Å²) in [6, 6.07) is 13.9. The van der Waals surface area contributed by atoms with Gasteiger partial charge in [0.2, 0.25) is 0 Å². The van der Waals surface area contributed by atoms with Crippen molar-refractivity contribution in [2.75, 3.05) is 11.9 Å². The van der Waals surface area contributed by atoms with Crippen LogP contribution in [0.15, 0.2) is 42.5 Å². The Morgan fingerprint density at radius 2 is 1.89 bits per heavy atom. The topological polar surface area (TPSA) is 38.0 Å². The van der Waals surface area contributed by atoms with Crippen molar-refractivity contribution in [3.8, 4) is 0 Å². The van der Waals surface area contributed by atoms with Crippen LogP contribution < -0.4 is 11.1 Å². The Labute approximate surface area is 132 Å². The standard InChI is InChI=1S/C15H16ClIN2/c1-2-19-12-6-3-10(4-7-12)15(18)13-9-11(17)5-8-14(13)16/h3-9,15,19H,2,18H2,1H3. The molecule has 0 fully saturated rings. The van der Waals surface area contributed by atoms with E-state index in [4.69, 9.17) is 17.3 Å². The van der Waals surface area contributed by atoms with Gasteiger partial charge >= 0.3 is 0 Å². The van der Waals surface area contributed by atoms with Crippen molar-refractivity contribution in [3.63, 3.8) is 0 Å². The summed E-state index contributed by atoms with van der Waals surface area (Å²) in [6.07, 6.45) is 0. The largest absolute Gasteiger partial charge is 0.385 e. The van der Waals surface area contributed by atoms with Crippen molar-refractivity contribution in [2.45, 2.75) is 13.0 Å². The molecule has 2 aromatic carbocycles. The van der Waals surface area contributed by atoms with Crippen LogP contribution in [0.25, 0.3) is 0 Å². The number of nitrogens with one attached hydrogen (secondary N) is 1. The second kappa shape index (κ2) is 6.59. The molecule has 1 atom stereocenters. The average Bonchev–Trinajstić information content (AvgIpc) is 2.42. The van der Waals surface area contributed by atoms with Gasteiger partial charge in [0.25, 0.3) is 0 Å². The fourth-order valence-corrected chi connectivity index (χ4v) is 2.70. The quantitative estimate of drug-likeness (QED) is 0.763. The zero-order valence-corrected chi connectivity index (χ0v) is 13.6. The first-order valence-electron chi connectivity index (χ1n) is 6.16. The summed E-state index contributed by atoms with van der Waals surface area (Å²) >= 11 is 8.49. The number of rotatable bonds is 4. The molecule has 0 amide bonds. The van der Waals surface area contributed by atoms with Crippen molar-refractivity contribution >= 4 is 39.9 Å². The molecule has 3 N–H and O–H groups in total. The molecule has 0 aliphatic carbocycles. The molecular formula is C15H16ClIN2. The maximum Gasteiger partial charge on any atom is 0.0566 e. The third-order valence-electron chi connectivity index (χ3n) is 2.94. The molecule has 2 rings (SSSR count). The number of benzene rings is 2. The second-order valence-electron chi connectivity index (χ2n) is 4.30. The van der Waals surface area contributed by atoms with E-state index in [1.54, 1.807) is 0 Å². The van der Waals surface area contributed by atoms with Crippen molar-refractivity contribution in [2.24, 2.45) is 5.73 Å². The molecule has 0 spiro atoms. The number of halogens is 2. The minimum absolute atomic E-state index is 0.196. The summed E-state index contributed by atoms with van der Waals surface area (Å²) in [4.78, 5) is 0. The highest BCUT2D eigenvalue weighted by molar-refractivity contribution is 14.1. The van der Waals surface area contributed by atoms with E-state index < -0.39 is 0 Å². The van der Waals surface area contributed by atoms with Crippen molar-refractivity contribution in [1.29, 1.82) is 0 Å². The molecule has 1 unspecified atom stereocenters. The molecule has 0 aromatic heterocycles. The first-order chi connectivity index (χ1) is 9.11. The summed E-state index contributed by atoms with van der Waals surface area (Å²) in [5, 5.41) is 3.98. The lowest BCUT2D eigenvalue weighted by Crippen LogP contribution is -2.12. The molecule has 0 heterocycles. The Balaban J connectivity index is 2.27. The summed E-state index contributed by atoms with van der Waals surface area (Å²) < 4.78 is 1.14. The predicted molar refractivity (Wildman–Crippen MR) is 90.8 cm³/mol. The monoisotopic (exact) mass is 386 g/mol. The summed E-state index contributed by atoms with van der Waals surface area (Å²) in [5.74, 6) is 0. The lowest BCUT2D eigenvalue weighted by Gasteiger charge is -2.15. The Morgan fingerprint density at radius 1 is 1.21 bits per heavy atom. The van der Waals surface area contributed by atoms with Crippen LogP contribution in [0, 0.1) is 3.57 Å². The van der Waals surface area contributed by atoms with Gasteiger partial charge in [-0.15, -0.1) is 0 Å². The highest BCUT2D eigenvalue weighted by atomic mass is 127. The molecule has 0 bridgehead atoms. The Morgan fingerprint density at radius 3 is 2.53 bits per heavy atom. The van der Waals surface area contributed by atoms with E-state index >= 15 is 0 Å². The van der Waals surface area contributed by atoms with Crippen LogP contribution in [0.2, 0.25) is 5.02 Å². The van der Waals surface area contributed by atoms with E-state index in [1.807, 2.05) is 42.5 Å². The van der Waals surface area contributed by atoms with Gasteiger partial charge in [0, 0.05) is 20.8 Å². The number of anilines is 1. The molecule has 0 aliphatic heterocycles. The van der Waals surface area contributed by atoms with Crippen molar-refractivity contribution in [1.82, 2.24) is 0 Å². The van der Waals surface area contributed by atoms with Crippen LogP contribution >= 0.6 is 34.2 Å². The average molecular weight is 387 g/mol. The fraction of sp³-hybridized carbons (Fsp3) is 0.200. The maximum absolute atomic E-state index is 6.30. The fourth-order valence-electron chi connectivity index (χ4n) is 1.94. The van der Waals surface area contributed by atoms with Crippen LogP contribution in [0.5, 0.6) is 0 Å². The van der Waals surface area contributed by atoms with Gasteiger partial charge < -0.3 is 11.1 Å². The van der Waals surface area contributed by atoms with Crippen LogP contribution in [-0.2, 0) is 0 Å². The molecule has 100 valence electrons. The molecule has 0 saturated carbocycles. The van der Waals surface area contributed by atoms with E-state index in [9.17, 15) is 0 Å². The normalized spacial score (nSPS) is 12.2. The van der Waals surface area contributed by atoms with Crippen LogP contribution in [0.3, 0.4) is 0 Å². The Bertz CT molecular complexity index is 555. The van der Waals surface area contributed by atoms with Crippen LogP contribution in [0.1, 0.15) is 24.1 Å². The van der Waals surface area contributed by atoms with E-state index in [-0.39, 0.29) is 6.04 Å². The van der Waals surface area contributed by atoms with Gasteiger partial charge in [-0.3, -0.25) is 0 Å². The molecule has 4 heteroatoms. The third-order valence-corrected chi connectivity index (χ3v) is 3.96. The molecular weight excluding hydrogens is 371 g/mol. The molecule has 0 aliphatic rings. The second-order valence-corrected chi connectivity index (χ2v) is 5.95. The molecule has 19 heavy (non-hydrogen) atoms. The van der Waals surface area contributed by atoms with E-state index in [2.05, 4.69) is 34.8 Å². The summed E-state index contributed by atoms with van der Waals surface area (Å²) in [6.45, 7) is 2.99. The van der Waals surface area contributed by atoms with Gasteiger partial charge in [-0.2, -0.15) is 0 Å². The Kier molecular flexibility index (Phi) is 5.07. The van der Waals surface area contributed by atoms with Gasteiger partial charge in [-0.1, -0.05) is 23.7 Å². The number of nitrogens with two attached hydrogens (primary N) is 1. The van der Waals surface area contributed by atoms with Gasteiger partial charge in [0.05, 0.1) is 6.04 Å². The minimum Gasteiger partial charge on any atom is -0.385 e. The van der Waals surface area contributed by atoms with Gasteiger partial charge in [0.15, 0.2) is 0 Å². The molecule has 0 radical (unpaired) electrons. The summed E-state index contributed by atoms with van der Waals surface area (Å²) in [5.41, 5.74) is 9.43. The number of hydrogen-bond donors (Lipinski definition) is 2. The SMILES string of the molecule is CCNc1ccc(C(N)c2cc(I)ccc2Cl)cc1. The van der Waals surface area contributed by atoms with E-state index in [0.717, 1.165) is 26.9 Å². The lowest BCUT2D eigenvalue weighted by atomic mass is 9.99. The van der Waals surface area contributed by atoms with Gasteiger partial charge in [0.1, 0.15) is 0 Å². The first kappa shape index (κ1) is 14.6. The predicted octanol–water partition coefficient (Wildman–Crippen LogP) is 4.42. The highest BCUT2D eigenvalue weighted by Crippen LogP contribution is 2.28. The highest BCUT2D eigenvalue weighted by Gasteiger charge is 2.12. The smallest absolute Gasteiger partial charge is 0.0566 e. The zero-order chi connectivity index (χ0) is 13.8. The summed E-state index contributed by atoms with van der Waals surface area (Å²) in [7, 11) is 0. The first-order valence-corrected chi connectivity index (χ1v) is 7.62. The molecule has 2 nitrogen and oxygen atoms in total. The van der Waals surface area contributed by atoms with Gasteiger partial charge in [-0.25, -0.2) is 0 Å². The number of hydrogen-bond acceptors (Lipinski definition) is 2. The minimum atomic E-state index is -0.196. The van der Waals surface area contributed by atoms with Crippen LogP contribution in [-0.4, -0.2) is 6.54 Å². The van der Waals surface area contributed by atoms with Crippen molar-refractivity contribution < 1.29 is 0 Å². The van der Waals surface area contributed by atoms with Crippen LogP contribution in [0.4, 0.5) is 5.69 Å². The Hall–Kier alpha value is -0.780. The molecule has 2 aromatic rings. The maximum atomic E-state index is 6.30. The lowest BCUT2D eigenvalue weighted by molar-refractivity contribution is 0.871. The zero-order valence-electron chi connectivity index (χ0n) is 10.7. The van der Waals surface area contributed by atoms with Gasteiger partial charge in [-0.05, 0) is 71.0 Å². The third kappa shape index (κ3) is 3.61. The van der Waals surface area contributed by atoms with E-state index in [1.165, 1.54) is 0 Å². The molecule has 0 saturated heterocycles. The van der Waals surface area contributed by atoms with Crippen molar-refractivity contribution in [3.05, 3.63) is 62.2 Å². The van der Waals surface area contributed by atoms with E-state index in [0.29, 0.717) is 5.02 Å².